The molecule has 0 saturated heterocycles. The van der Waals surface area contributed by atoms with Gasteiger partial charge in [0.25, 0.3) is 5.91 Å². The summed E-state index contributed by atoms with van der Waals surface area (Å²) in [6, 6.07) is 12.0. The van der Waals surface area contributed by atoms with Crippen LogP contribution in [0.25, 0.3) is 6.08 Å². The summed E-state index contributed by atoms with van der Waals surface area (Å²) in [5, 5.41) is 12.3. The van der Waals surface area contributed by atoms with E-state index in [0.717, 1.165) is 0 Å². The van der Waals surface area contributed by atoms with Gasteiger partial charge in [0.1, 0.15) is 17.4 Å². The Labute approximate surface area is 149 Å². The van der Waals surface area contributed by atoms with Crippen molar-refractivity contribution in [1.82, 2.24) is 0 Å². The minimum atomic E-state index is -0.569. The number of nitriles is 1. The van der Waals surface area contributed by atoms with Crippen LogP contribution in [0.4, 0.5) is 5.69 Å². The zero-order chi connectivity index (χ0) is 17.8. The van der Waals surface area contributed by atoms with Gasteiger partial charge in [0.05, 0.1) is 17.8 Å². The second-order valence-corrected chi connectivity index (χ2v) is 5.46. The Hall–Kier alpha value is -3.17. The van der Waals surface area contributed by atoms with E-state index in [1.165, 1.54) is 13.2 Å². The summed E-state index contributed by atoms with van der Waals surface area (Å²) in [4.78, 5) is 12.4. The van der Waals surface area contributed by atoms with Crippen LogP contribution < -0.4 is 19.5 Å². The monoisotopic (exact) mass is 356 g/mol. The number of hydrogen-bond acceptors (Lipinski definition) is 5. The molecule has 0 fully saturated rings. The summed E-state index contributed by atoms with van der Waals surface area (Å²) in [5.41, 5.74) is 0.845. The lowest BCUT2D eigenvalue weighted by Crippen LogP contribution is -2.14. The van der Waals surface area contributed by atoms with Crippen molar-refractivity contribution >= 4 is 29.3 Å². The fourth-order valence-corrected chi connectivity index (χ4v) is 2.49. The number of halogens is 1. The van der Waals surface area contributed by atoms with E-state index in [1.54, 1.807) is 36.4 Å². The molecule has 126 valence electrons. The molecular formula is C18H13ClN2O4. The van der Waals surface area contributed by atoms with E-state index >= 15 is 0 Å². The first-order valence-electron chi connectivity index (χ1n) is 7.27. The van der Waals surface area contributed by atoms with Crippen LogP contribution in [0.2, 0.25) is 5.02 Å². The molecule has 0 aliphatic carbocycles. The molecule has 25 heavy (non-hydrogen) atoms. The van der Waals surface area contributed by atoms with Crippen molar-refractivity contribution in [1.29, 1.82) is 5.26 Å². The van der Waals surface area contributed by atoms with Crippen molar-refractivity contribution in [2.75, 3.05) is 19.2 Å². The second-order valence-electron chi connectivity index (χ2n) is 5.05. The maximum Gasteiger partial charge on any atom is 0.266 e. The summed E-state index contributed by atoms with van der Waals surface area (Å²) in [6.07, 6.45) is 1.40. The third-order valence-corrected chi connectivity index (χ3v) is 3.84. The number of rotatable bonds is 4. The molecule has 3 rings (SSSR count). The van der Waals surface area contributed by atoms with Gasteiger partial charge in [0, 0.05) is 6.07 Å². The molecule has 0 unspecified atom stereocenters. The van der Waals surface area contributed by atoms with Crippen LogP contribution in [0.1, 0.15) is 5.56 Å². The average molecular weight is 357 g/mol. The quantitative estimate of drug-likeness (QED) is 0.668. The zero-order valence-electron chi connectivity index (χ0n) is 13.2. The Morgan fingerprint density at radius 2 is 2.04 bits per heavy atom. The van der Waals surface area contributed by atoms with Crippen molar-refractivity contribution in [3.63, 3.8) is 0 Å². The molecule has 0 spiro atoms. The summed E-state index contributed by atoms with van der Waals surface area (Å²) in [5.74, 6) is 0.965. The lowest BCUT2D eigenvalue weighted by molar-refractivity contribution is -0.112. The SMILES string of the molecule is COc1ccccc1NC(=O)/C(C#N)=C/c1cc2c(cc1Cl)OCO2. The highest BCUT2D eigenvalue weighted by Crippen LogP contribution is 2.37. The van der Waals surface area contributed by atoms with E-state index in [4.69, 9.17) is 25.8 Å². The minimum Gasteiger partial charge on any atom is -0.495 e. The van der Waals surface area contributed by atoms with Gasteiger partial charge in [0.15, 0.2) is 11.5 Å². The molecule has 0 atom stereocenters. The summed E-state index contributed by atoms with van der Waals surface area (Å²) < 4.78 is 15.7. The van der Waals surface area contributed by atoms with Crippen LogP contribution in [0.5, 0.6) is 17.2 Å². The first kappa shape index (κ1) is 16.7. The fraction of sp³-hybridized carbons (Fsp3) is 0.111. The number of hydrogen-bond donors (Lipinski definition) is 1. The third kappa shape index (κ3) is 3.52. The first-order valence-corrected chi connectivity index (χ1v) is 7.65. The van der Waals surface area contributed by atoms with Gasteiger partial charge in [-0.15, -0.1) is 0 Å². The van der Waals surface area contributed by atoms with Gasteiger partial charge in [0.2, 0.25) is 6.79 Å². The van der Waals surface area contributed by atoms with Crippen molar-refractivity contribution in [2.45, 2.75) is 0 Å². The van der Waals surface area contributed by atoms with Gasteiger partial charge < -0.3 is 19.5 Å². The number of amides is 1. The van der Waals surface area contributed by atoms with E-state index in [1.807, 2.05) is 6.07 Å². The number of benzene rings is 2. The van der Waals surface area contributed by atoms with Crippen LogP contribution in [0.3, 0.4) is 0 Å². The largest absolute Gasteiger partial charge is 0.495 e. The molecule has 1 aliphatic rings. The van der Waals surface area contributed by atoms with Crippen LogP contribution in [-0.4, -0.2) is 19.8 Å². The molecule has 0 aromatic heterocycles. The third-order valence-electron chi connectivity index (χ3n) is 3.51. The molecule has 0 radical (unpaired) electrons. The number of carbonyl (C=O) groups excluding carboxylic acids is 1. The maximum atomic E-state index is 12.4. The number of para-hydroxylation sites is 2. The smallest absolute Gasteiger partial charge is 0.266 e. The number of anilines is 1. The van der Waals surface area contributed by atoms with Gasteiger partial charge in [-0.1, -0.05) is 23.7 Å². The standard InChI is InChI=1S/C18H13ClN2O4/c1-23-15-5-3-2-4-14(15)21-18(22)12(9-20)6-11-7-16-17(8-13(11)19)25-10-24-16/h2-8H,10H2,1H3,(H,21,22)/b12-6+. The Bertz CT molecular complexity index is 902. The normalized spacial score (nSPS) is 12.4. The molecule has 6 nitrogen and oxygen atoms in total. The number of methoxy groups -OCH3 is 1. The molecule has 1 heterocycles. The number of nitrogens with zero attached hydrogens (tertiary/aromatic N) is 1. The molecule has 0 saturated carbocycles. The van der Waals surface area contributed by atoms with Crippen LogP contribution >= 0.6 is 11.6 Å². The van der Waals surface area contributed by atoms with Crippen molar-refractivity contribution < 1.29 is 19.0 Å². The number of nitrogens with one attached hydrogen (secondary N) is 1. The van der Waals surface area contributed by atoms with Gasteiger partial charge in [-0.2, -0.15) is 5.26 Å². The van der Waals surface area contributed by atoms with Crippen LogP contribution in [0, 0.1) is 11.3 Å². The fourth-order valence-electron chi connectivity index (χ4n) is 2.29. The van der Waals surface area contributed by atoms with E-state index in [0.29, 0.717) is 33.5 Å². The Morgan fingerprint density at radius 3 is 2.76 bits per heavy atom. The average Bonchev–Trinajstić information content (AvgIpc) is 3.06. The number of fused-ring (bicyclic) bond motifs is 1. The van der Waals surface area contributed by atoms with Gasteiger partial charge in [-0.3, -0.25) is 4.79 Å². The van der Waals surface area contributed by atoms with E-state index in [2.05, 4.69) is 5.32 Å². The highest BCUT2D eigenvalue weighted by Gasteiger charge is 2.18. The van der Waals surface area contributed by atoms with Crippen molar-refractivity contribution in [3.05, 3.63) is 52.6 Å². The highest BCUT2D eigenvalue weighted by atomic mass is 35.5. The van der Waals surface area contributed by atoms with Crippen LogP contribution in [0.15, 0.2) is 42.0 Å². The molecule has 7 heteroatoms. The lowest BCUT2D eigenvalue weighted by atomic mass is 10.1. The summed E-state index contributed by atoms with van der Waals surface area (Å²) >= 11 is 6.18. The molecular weight excluding hydrogens is 344 g/mol. The number of ether oxygens (including phenoxy) is 3. The minimum absolute atomic E-state index is 0.105. The van der Waals surface area contributed by atoms with E-state index in [9.17, 15) is 10.1 Å². The van der Waals surface area contributed by atoms with Crippen molar-refractivity contribution in [2.24, 2.45) is 0 Å². The molecule has 1 aliphatic heterocycles. The molecule has 2 aromatic carbocycles. The topological polar surface area (TPSA) is 80.6 Å². The number of carbonyl (C=O) groups is 1. The maximum absolute atomic E-state index is 12.4. The van der Waals surface area contributed by atoms with Gasteiger partial charge in [-0.05, 0) is 29.8 Å². The van der Waals surface area contributed by atoms with E-state index < -0.39 is 5.91 Å². The Balaban J connectivity index is 1.88. The lowest BCUT2D eigenvalue weighted by Gasteiger charge is -2.09. The summed E-state index contributed by atoms with van der Waals surface area (Å²) in [7, 11) is 1.50. The molecule has 1 N–H and O–H groups in total. The predicted octanol–water partition coefficient (Wildman–Crippen LogP) is 3.62. The summed E-state index contributed by atoms with van der Waals surface area (Å²) in [6.45, 7) is 0.109. The van der Waals surface area contributed by atoms with Crippen LogP contribution in [-0.2, 0) is 4.79 Å². The van der Waals surface area contributed by atoms with Crippen molar-refractivity contribution in [3.8, 4) is 23.3 Å². The Morgan fingerprint density at radius 1 is 1.32 bits per heavy atom. The van der Waals surface area contributed by atoms with Gasteiger partial charge >= 0.3 is 0 Å². The molecule has 2 aromatic rings. The van der Waals surface area contributed by atoms with Gasteiger partial charge in [-0.25, -0.2) is 0 Å². The first-order chi connectivity index (χ1) is 12.1. The highest BCUT2D eigenvalue weighted by molar-refractivity contribution is 6.32. The molecule has 0 bridgehead atoms. The zero-order valence-corrected chi connectivity index (χ0v) is 14.0. The predicted molar refractivity (Wildman–Crippen MR) is 92.8 cm³/mol. The van der Waals surface area contributed by atoms with E-state index in [-0.39, 0.29) is 12.4 Å². The Kier molecular flexibility index (Phi) is 4.78. The molecule has 1 amide bonds. The second kappa shape index (κ2) is 7.16.